The number of aryl methyl sites for hydroxylation is 1. The lowest BCUT2D eigenvalue weighted by atomic mass is 10.0. The number of benzene rings is 2. The quantitative estimate of drug-likeness (QED) is 0.832. The molecule has 1 unspecified atom stereocenters. The molecule has 0 spiro atoms. The summed E-state index contributed by atoms with van der Waals surface area (Å²) < 4.78 is 10.8. The Hall–Kier alpha value is -2.69. The zero-order valence-electron chi connectivity index (χ0n) is 14.6. The first kappa shape index (κ1) is 17.7. The van der Waals surface area contributed by atoms with Crippen LogP contribution in [0.25, 0.3) is 0 Å². The summed E-state index contributed by atoms with van der Waals surface area (Å²) in [5.41, 5.74) is 2.75. The number of ether oxygens (including phenoxy) is 2. The highest BCUT2D eigenvalue weighted by Gasteiger charge is 2.15. The molecular formula is C19H24N2O3. The van der Waals surface area contributed by atoms with E-state index < -0.39 is 0 Å². The number of carbonyl (C=O) groups is 1. The first-order chi connectivity index (χ1) is 11.5. The zero-order valence-corrected chi connectivity index (χ0v) is 14.6. The van der Waals surface area contributed by atoms with Gasteiger partial charge in [-0.1, -0.05) is 23.8 Å². The Bertz CT molecular complexity index is 701. The average Bonchev–Trinajstić information content (AvgIpc) is 2.56. The van der Waals surface area contributed by atoms with Gasteiger partial charge >= 0.3 is 6.03 Å². The third kappa shape index (κ3) is 4.65. The molecule has 0 saturated carbocycles. The largest absolute Gasteiger partial charge is 0.497 e. The molecule has 5 nitrogen and oxygen atoms in total. The third-order valence-corrected chi connectivity index (χ3v) is 3.61. The van der Waals surface area contributed by atoms with E-state index in [4.69, 9.17) is 9.47 Å². The Balaban J connectivity index is 2.07. The molecule has 0 bridgehead atoms. The van der Waals surface area contributed by atoms with Gasteiger partial charge in [-0.25, -0.2) is 4.79 Å². The minimum atomic E-state index is -0.278. The van der Waals surface area contributed by atoms with Crippen molar-refractivity contribution in [3.8, 4) is 11.5 Å². The lowest BCUT2D eigenvalue weighted by Gasteiger charge is -2.19. The van der Waals surface area contributed by atoms with Gasteiger partial charge < -0.3 is 20.1 Å². The molecule has 2 aromatic carbocycles. The second kappa shape index (κ2) is 8.24. The van der Waals surface area contributed by atoms with Crippen LogP contribution in [0.5, 0.6) is 11.5 Å². The maximum atomic E-state index is 12.2. The summed E-state index contributed by atoms with van der Waals surface area (Å²) >= 11 is 0. The van der Waals surface area contributed by atoms with Crippen molar-refractivity contribution < 1.29 is 14.3 Å². The average molecular weight is 328 g/mol. The topological polar surface area (TPSA) is 59.6 Å². The van der Waals surface area contributed by atoms with Crippen LogP contribution in [0.3, 0.4) is 0 Å². The minimum Gasteiger partial charge on any atom is -0.497 e. The molecule has 2 N–H and O–H groups in total. The van der Waals surface area contributed by atoms with Crippen molar-refractivity contribution in [2.24, 2.45) is 0 Å². The molecule has 0 radical (unpaired) electrons. The van der Waals surface area contributed by atoms with Crippen LogP contribution >= 0.6 is 0 Å². The van der Waals surface area contributed by atoms with Crippen molar-refractivity contribution in [2.75, 3.05) is 19.0 Å². The molecule has 0 aliphatic heterocycles. The molecular weight excluding hydrogens is 304 g/mol. The highest BCUT2D eigenvalue weighted by Crippen LogP contribution is 2.26. The number of carbonyl (C=O) groups excluding carboxylic acids is 1. The molecule has 0 fully saturated rings. The van der Waals surface area contributed by atoms with Crippen LogP contribution in [0.15, 0.2) is 42.5 Å². The maximum Gasteiger partial charge on any atom is 0.319 e. The number of amides is 2. The molecule has 1 atom stereocenters. The summed E-state index contributed by atoms with van der Waals surface area (Å²) in [4.78, 5) is 12.2. The van der Waals surface area contributed by atoms with Gasteiger partial charge in [0, 0.05) is 17.3 Å². The van der Waals surface area contributed by atoms with Gasteiger partial charge in [0.05, 0.1) is 19.8 Å². The fourth-order valence-electron chi connectivity index (χ4n) is 2.44. The fourth-order valence-corrected chi connectivity index (χ4v) is 2.44. The normalized spacial score (nSPS) is 11.5. The Morgan fingerprint density at radius 1 is 1.21 bits per heavy atom. The first-order valence-corrected chi connectivity index (χ1v) is 7.98. The Morgan fingerprint density at radius 3 is 2.71 bits per heavy atom. The van der Waals surface area contributed by atoms with Crippen LogP contribution in [0.4, 0.5) is 10.5 Å². The molecule has 128 valence electrons. The zero-order chi connectivity index (χ0) is 17.5. The highest BCUT2D eigenvalue weighted by atomic mass is 16.5. The van der Waals surface area contributed by atoms with Crippen LogP contribution in [0.1, 0.15) is 31.0 Å². The standard InChI is InChI=1S/C19H24N2O3/c1-5-24-18-10-9-13(2)11-17(18)14(3)20-19(22)21-15-7-6-8-16(12-15)23-4/h6-12,14H,5H2,1-4H3,(H2,20,21,22). The Labute approximate surface area is 143 Å². The molecule has 0 saturated heterocycles. The van der Waals surface area contributed by atoms with Crippen molar-refractivity contribution in [1.82, 2.24) is 5.32 Å². The van der Waals surface area contributed by atoms with Crippen LogP contribution < -0.4 is 20.1 Å². The van der Waals surface area contributed by atoms with Gasteiger partial charge in [-0.2, -0.15) is 0 Å². The fraction of sp³-hybridized carbons (Fsp3) is 0.316. The van der Waals surface area contributed by atoms with Gasteiger partial charge in [0.25, 0.3) is 0 Å². The van der Waals surface area contributed by atoms with Crippen molar-refractivity contribution in [2.45, 2.75) is 26.8 Å². The number of urea groups is 1. The molecule has 2 aromatic rings. The second-order valence-corrected chi connectivity index (χ2v) is 5.53. The highest BCUT2D eigenvalue weighted by molar-refractivity contribution is 5.89. The number of anilines is 1. The van der Waals surface area contributed by atoms with E-state index in [-0.39, 0.29) is 12.1 Å². The maximum absolute atomic E-state index is 12.2. The Kier molecular flexibility index (Phi) is 6.07. The van der Waals surface area contributed by atoms with Gasteiger partial charge in [-0.3, -0.25) is 0 Å². The smallest absolute Gasteiger partial charge is 0.319 e. The molecule has 0 aliphatic rings. The van der Waals surface area contributed by atoms with Gasteiger partial charge in [-0.15, -0.1) is 0 Å². The van der Waals surface area contributed by atoms with Crippen LogP contribution in [-0.4, -0.2) is 19.7 Å². The second-order valence-electron chi connectivity index (χ2n) is 5.53. The van der Waals surface area contributed by atoms with E-state index in [0.717, 1.165) is 16.9 Å². The number of hydrogen-bond donors (Lipinski definition) is 2. The molecule has 24 heavy (non-hydrogen) atoms. The molecule has 2 rings (SSSR count). The molecule has 2 amide bonds. The lowest BCUT2D eigenvalue weighted by molar-refractivity contribution is 0.249. The van der Waals surface area contributed by atoms with E-state index in [1.165, 1.54) is 0 Å². The minimum absolute atomic E-state index is 0.183. The first-order valence-electron chi connectivity index (χ1n) is 7.98. The monoisotopic (exact) mass is 328 g/mol. The van der Waals surface area contributed by atoms with Crippen molar-refractivity contribution in [1.29, 1.82) is 0 Å². The Morgan fingerprint density at radius 2 is 2.00 bits per heavy atom. The van der Waals surface area contributed by atoms with E-state index in [9.17, 15) is 4.79 Å². The molecule has 0 aliphatic carbocycles. The summed E-state index contributed by atoms with van der Waals surface area (Å²) in [7, 11) is 1.59. The van der Waals surface area contributed by atoms with Crippen LogP contribution in [-0.2, 0) is 0 Å². The summed E-state index contributed by atoms with van der Waals surface area (Å²) in [5, 5.41) is 5.75. The van der Waals surface area contributed by atoms with Gasteiger partial charge in [0.15, 0.2) is 0 Å². The predicted octanol–water partition coefficient (Wildman–Crippen LogP) is 4.29. The summed E-state index contributed by atoms with van der Waals surface area (Å²) in [6.45, 7) is 6.47. The van der Waals surface area contributed by atoms with Crippen LogP contribution in [0.2, 0.25) is 0 Å². The summed E-state index contributed by atoms with van der Waals surface area (Å²) in [5.74, 6) is 1.48. The van der Waals surface area contributed by atoms with E-state index in [1.807, 2.05) is 57.2 Å². The number of hydrogen-bond acceptors (Lipinski definition) is 3. The van der Waals surface area contributed by atoms with E-state index in [1.54, 1.807) is 13.2 Å². The van der Waals surface area contributed by atoms with Crippen molar-refractivity contribution in [3.05, 3.63) is 53.6 Å². The molecule has 5 heteroatoms. The van der Waals surface area contributed by atoms with Crippen LogP contribution in [0, 0.1) is 6.92 Å². The van der Waals surface area contributed by atoms with E-state index in [2.05, 4.69) is 10.6 Å². The predicted molar refractivity (Wildman–Crippen MR) is 95.9 cm³/mol. The van der Waals surface area contributed by atoms with E-state index >= 15 is 0 Å². The van der Waals surface area contributed by atoms with Gasteiger partial charge in [0.2, 0.25) is 0 Å². The van der Waals surface area contributed by atoms with Gasteiger partial charge in [0.1, 0.15) is 11.5 Å². The SMILES string of the molecule is CCOc1ccc(C)cc1C(C)NC(=O)Nc1cccc(OC)c1. The molecule has 0 heterocycles. The molecule has 0 aromatic heterocycles. The number of methoxy groups -OCH3 is 1. The number of nitrogens with one attached hydrogen (secondary N) is 2. The number of rotatable bonds is 6. The van der Waals surface area contributed by atoms with E-state index in [0.29, 0.717) is 18.0 Å². The summed E-state index contributed by atoms with van der Waals surface area (Å²) in [6.07, 6.45) is 0. The van der Waals surface area contributed by atoms with Crippen molar-refractivity contribution in [3.63, 3.8) is 0 Å². The van der Waals surface area contributed by atoms with Gasteiger partial charge in [-0.05, 0) is 39.0 Å². The third-order valence-electron chi connectivity index (χ3n) is 3.61. The summed E-state index contributed by atoms with van der Waals surface area (Å²) in [6, 6.07) is 12.7. The lowest BCUT2D eigenvalue weighted by Crippen LogP contribution is -2.31. The van der Waals surface area contributed by atoms with Crippen molar-refractivity contribution >= 4 is 11.7 Å².